The van der Waals surface area contributed by atoms with Gasteiger partial charge < -0.3 is 9.94 Å². The highest BCUT2D eigenvalue weighted by atomic mass is 35.5. The molecule has 0 radical (unpaired) electrons. The predicted molar refractivity (Wildman–Crippen MR) is 109 cm³/mol. The molecule has 1 amide bonds. The average molecular weight is 415 g/mol. The van der Waals surface area contributed by atoms with E-state index in [4.69, 9.17) is 21.2 Å². The van der Waals surface area contributed by atoms with E-state index in [1.54, 1.807) is 53.3 Å². The third-order valence-electron chi connectivity index (χ3n) is 4.25. The first kappa shape index (κ1) is 20.4. The van der Waals surface area contributed by atoms with E-state index in [-0.39, 0.29) is 0 Å². The Morgan fingerprint density at radius 3 is 2.59 bits per heavy atom. The number of benzene rings is 2. The van der Waals surface area contributed by atoms with Gasteiger partial charge in [0.25, 0.3) is 0 Å². The fourth-order valence-electron chi connectivity index (χ4n) is 2.91. The Balaban J connectivity index is 2.04. The molecule has 1 N–H and O–H groups in total. The largest absolute Gasteiger partial charge is 0.451 e. The number of amides is 1. The summed E-state index contributed by atoms with van der Waals surface area (Å²) in [5.74, 6) is -0.549. The van der Waals surface area contributed by atoms with Crippen molar-refractivity contribution in [3.63, 3.8) is 0 Å². The number of para-hydroxylation sites is 1. The van der Waals surface area contributed by atoms with E-state index >= 15 is 0 Å². The van der Waals surface area contributed by atoms with Crippen molar-refractivity contribution in [2.45, 2.75) is 5.92 Å². The number of hydroxylamine groups is 1. The third-order valence-corrected chi connectivity index (χ3v) is 4.50. The molecule has 1 atom stereocenters. The fourth-order valence-corrected chi connectivity index (χ4v) is 3.04. The molecule has 2 aromatic carbocycles. The van der Waals surface area contributed by atoms with E-state index in [1.807, 2.05) is 12.1 Å². The number of anilines is 1. The van der Waals surface area contributed by atoms with Crippen LogP contribution in [-0.4, -0.2) is 41.5 Å². The number of methoxy groups -OCH3 is 1. The second-order valence-electron chi connectivity index (χ2n) is 5.91. The van der Waals surface area contributed by atoms with Crippen LogP contribution in [0.3, 0.4) is 0 Å². The summed E-state index contributed by atoms with van der Waals surface area (Å²) in [5, 5.41) is 18.7. The predicted octanol–water partition coefficient (Wildman–Crippen LogP) is 4.25. The molecule has 8 nitrogen and oxygen atoms in total. The zero-order chi connectivity index (χ0) is 20.8. The van der Waals surface area contributed by atoms with Gasteiger partial charge in [0.2, 0.25) is 0 Å². The Labute approximate surface area is 172 Å². The van der Waals surface area contributed by atoms with Gasteiger partial charge in [-0.15, -0.1) is 5.16 Å². The molecule has 9 heteroatoms. The van der Waals surface area contributed by atoms with Crippen molar-refractivity contribution in [2.75, 3.05) is 19.3 Å². The maximum atomic E-state index is 12.1. The number of halogens is 1. The van der Waals surface area contributed by atoms with Gasteiger partial charge in [0, 0.05) is 11.2 Å². The summed E-state index contributed by atoms with van der Waals surface area (Å²) in [7, 11) is 2.62. The van der Waals surface area contributed by atoms with Crippen LogP contribution < -0.4 is 5.06 Å². The van der Waals surface area contributed by atoms with Crippen molar-refractivity contribution in [1.82, 2.24) is 9.78 Å². The van der Waals surface area contributed by atoms with Crippen LogP contribution in [0.4, 0.5) is 10.5 Å². The average Bonchev–Trinajstić information content (AvgIpc) is 3.23. The highest BCUT2D eigenvalue weighted by molar-refractivity contribution is 6.30. The molecule has 0 bridgehead atoms. The molecule has 3 aromatic rings. The Kier molecular flexibility index (Phi) is 6.48. The van der Waals surface area contributed by atoms with Crippen LogP contribution in [0.1, 0.15) is 17.2 Å². The van der Waals surface area contributed by atoms with Crippen molar-refractivity contribution >= 4 is 29.6 Å². The number of hydrogen-bond donors (Lipinski definition) is 1. The number of rotatable bonds is 6. The minimum absolute atomic E-state index is 0.438. The van der Waals surface area contributed by atoms with Gasteiger partial charge in [0.05, 0.1) is 43.4 Å². The van der Waals surface area contributed by atoms with Gasteiger partial charge in [-0.05, 0) is 42.0 Å². The summed E-state index contributed by atoms with van der Waals surface area (Å²) in [4.78, 5) is 17.3. The molecule has 150 valence electrons. The number of hydrogen-bond acceptors (Lipinski definition) is 6. The second-order valence-corrected chi connectivity index (χ2v) is 6.35. The molecule has 29 heavy (non-hydrogen) atoms. The molecule has 0 aliphatic carbocycles. The molecule has 3 rings (SSSR count). The maximum Gasteiger partial charge on any atom is 0.438 e. The van der Waals surface area contributed by atoms with Crippen LogP contribution in [0, 0.1) is 0 Å². The lowest BCUT2D eigenvalue weighted by Crippen LogP contribution is -2.31. The molecular formula is C20H19ClN4O4. The fraction of sp³-hybridized carbons (Fsp3) is 0.150. The van der Waals surface area contributed by atoms with Crippen LogP contribution in [0.2, 0.25) is 5.02 Å². The van der Waals surface area contributed by atoms with Gasteiger partial charge >= 0.3 is 6.09 Å². The highest BCUT2D eigenvalue weighted by Crippen LogP contribution is 2.31. The minimum Gasteiger partial charge on any atom is -0.451 e. The summed E-state index contributed by atoms with van der Waals surface area (Å²) in [6.45, 7) is 0. The summed E-state index contributed by atoms with van der Waals surface area (Å²) >= 11 is 5.95. The van der Waals surface area contributed by atoms with Crippen molar-refractivity contribution in [3.8, 4) is 5.69 Å². The number of nitrogens with zero attached hydrogens (tertiary/aromatic N) is 4. The van der Waals surface area contributed by atoms with Gasteiger partial charge in [0.15, 0.2) is 0 Å². The summed E-state index contributed by atoms with van der Waals surface area (Å²) in [5.41, 5.74) is 2.50. The van der Waals surface area contributed by atoms with Crippen LogP contribution in [0.5, 0.6) is 0 Å². The Bertz CT molecular complexity index is 1000. The second kappa shape index (κ2) is 9.22. The number of oxime groups is 1. The van der Waals surface area contributed by atoms with E-state index in [0.717, 1.165) is 10.8 Å². The van der Waals surface area contributed by atoms with Gasteiger partial charge in [-0.25, -0.2) is 9.48 Å². The lowest BCUT2D eigenvalue weighted by atomic mass is 9.95. The van der Waals surface area contributed by atoms with E-state index in [0.29, 0.717) is 22.0 Å². The summed E-state index contributed by atoms with van der Waals surface area (Å²) < 4.78 is 6.46. The number of aromatic nitrogens is 2. The molecule has 0 saturated carbocycles. The SMILES string of the molecule is COC(=O)N(OC)c1ccccc1C(C=NO)c1ccn(-c2ccc(Cl)cc2)n1. The van der Waals surface area contributed by atoms with Crippen molar-refractivity contribution < 1.29 is 19.6 Å². The Morgan fingerprint density at radius 1 is 1.21 bits per heavy atom. The molecule has 0 spiro atoms. The smallest absolute Gasteiger partial charge is 0.438 e. The topological polar surface area (TPSA) is 89.2 Å². The highest BCUT2D eigenvalue weighted by Gasteiger charge is 2.25. The normalized spacial score (nSPS) is 12.1. The molecule has 1 heterocycles. The van der Waals surface area contributed by atoms with Gasteiger partial charge in [-0.1, -0.05) is 29.8 Å². The summed E-state index contributed by atoms with van der Waals surface area (Å²) in [6, 6.07) is 16.1. The van der Waals surface area contributed by atoms with Crippen molar-refractivity contribution in [3.05, 3.63) is 77.1 Å². The first-order valence-corrected chi connectivity index (χ1v) is 8.97. The number of carbonyl (C=O) groups is 1. The first-order chi connectivity index (χ1) is 14.1. The van der Waals surface area contributed by atoms with E-state index < -0.39 is 12.0 Å². The molecule has 0 aliphatic rings. The van der Waals surface area contributed by atoms with Crippen LogP contribution in [0.15, 0.2) is 65.9 Å². The van der Waals surface area contributed by atoms with E-state index in [2.05, 4.69) is 10.3 Å². The Hall–Kier alpha value is -3.36. The van der Waals surface area contributed by atoms with E-state index in [1.165, 1.54) is 20.4 Å². The number of ether oxygens (including phenoxy) is 1. The summed E-state index contributed by atoms with van der Waals surface area (Å²) in [6.07, 6.45) is 2.43. The molecule has 1 aromatic heterocycles. The zero-order valence-electron chi connectivity index (χ0n) is 15.8. The molecule has 0 saturated heterocycles. The van der Waals surface area contributed by atoms with Crippen molar-refractivity contribution in [2.24, 2.45) is 5.16 Å². The molecule has 0 aliphatic heterocycles. The van der Waals surface area contributed by atoms with Crippen LogP contribution >= 0.6 is 11.6 Å². The first-order valence-electron chi connectivity index (χ1n) is 8.59. The lowest BCUT2D eigenvalue weighted by molar-refractivity contribution is 0.115. The standard InChI is InChI=1S/C20H19ClN4O4/c1-28-20(26)25(29-2)19-6-4-3-5-16(19)17(13-22-27)18-11-12-24(23-18)15-9-7-14(21)8-10-15/h3-13,17,27H,1-2H3. The molecular weight excluding hydrogens is 396 g/mol. The van der Waals surface area contributed by atoms with Crippen molar-refractivity contribution in [1.29, 1.82) is 0 Å². The van der Waals surface area contributed by atoms with Gasteiger partial charge in [-0.3, -0.25) is 4.84 Å². The Morgan fingerprint density at radius 2 is 1.93 bits per heavy atom. The van der Waals surface area contributed by atoms with E-state index in [9.17, 15) is 10.0 Å². The lowest BCUT2D eigenvalue weighted by Gasteiger charge is -2.23. The maximum absolute atomic E-state index is 12.1. The monoisotopic (exact) mass is 414 g/mol. The van der Waals surface area contributed by atoms with Gasteiger partial charge in [0.1, 0.15) is 0 Å². The van der Waals surface area contributed by atoms with Gasteiger partial charge in [-0.2, -0.15) is 10.2 Å². The molecule has 0 fully saturated rings. The minimum atomic E-state index is -0.689. The quantitative estimate of drug-likeness (QED) is 0.370. The molecule has 1 unspecified atom stereocenters. The third kappa shape index (κ3) is 4.39. The van der Waals surface area contributed by atoms with Crippen LogP contribution in [0.25, 0.3) is 5.69 Å². The number of carbonyl (C=O) groups excluding carboxylic acids is 1. The zero-order valence-corrected chi connectivity index (χ0v) is 16.5. The van der Waals surface area contributed by atoms with Crippen LogP contribution in [-0.2, 0) is 9.57 Å².